The fourth-order valence-corrected chi connectivity index (χ4v) is 3.35. The molecule has 0 spiro atoms. The summed E-state index contributed by atoms with van der Waals surface area (Å²) in [6.45, 7) is 0. The molecule has 1 aromatic carbocycles. The SMILES string of the molecule is O=c1[nH]c(=O)c2c(C(F)F)nn(C(c3ccc(C(F)(F)F)cc3)C3CC3)c2[nH]1. The van der Waals surface area contributed by atoms with E-state index in [4.69, 9.17) is 0 Å². The van der Waals surface area contributed by atoms with Crippen molar-refractivity contribution in [1.82, 2.24) is 19.7 Å². The molecule has 148 valence electrons. The van der Waals surface area contributed by atoms with Gasteiger partial charge in [-0.2, -0.15) is 18.3 Å². The average molecular weight is 400 g/mol. The highest BCUT2D eigenvalue weighted by molar-refractivity contribution is 5.77. The van der Waals surface area contributed by atoms with Crippen molar-refractivity contribution in [3.63, 3.8) is 0 Å². The lowest BCUT2D eigenvalue weighted by Gasteiger charge is -2.19. The monoisotopic (exact) mass is 400 g/mol. The van der Waals surface area contributed by atoms with Crippen molar-refractivity contribution in [3.8, 4) is 0 Å². The van der Waals surface area contributed by atoms with E-state index >= 15 is 0 Å². The molecule has 11 heteroatoms. The molecule has 6 nitrogen and oxygen atoms in total. The molecular weight excluding hydrogens is 387 g/mol. The summed E-state index contributed by atoms with van der Waals surface area (Å²) in [5.41, 5.74) is -3.27. The third-order valence-electron chi connectivity index (χ3n) is 4.74. The first-order valence-corrected chi connectivity index (χ1v) is 8.37. The van der Waals surface area contributed by atoms with Crippen LogP contribution >= 0.6 is 0 Å². The van der Waals surface area contributed by atoms with E-state index in [0.717, 1.165) is 16.8 Å². The fourth-order valence-electron chi connectivity index (χ4n) is 3.35. The van der Waals surface area contributed by atoms with Crippen LogP contribution in [0.15, 0.2) is 33.9 Å². The Kier molecular flexibility index (Phi) is 4.12. The van der Waals surface area contributed by atoms with Gasteiger partial charge in [0, 0.05) is 0 Å². The third kappa shape index (κ3) is 3.10. The normalized spacial score (nSPS) is 16.1. The molecule has 1 aliphatic rings. The van der Waals surface area contributed by atoms with Crippen LogP contribution < -0.4 is 11.2 Å². The van der Waals surface area contributed by atoms with Gasteiger partial charge >= 0.3 is 11.9 Å². The number of hydrogen-bond acceptors (Lipinski definition) is 3. The lowest BCUT2D eigenvalue weighted by atomic mass is 10.0. The van der Waals surface area contributed by atoms with Crippen LogP contribution in [0.1, 0.15) is 42.1 Å². The van der Waals surface area contributed by atoms with E-state index in [1.165, 1.54) is 12.1 Å². The molecule has 0 bridgehead atoms. The second kappa shape index (κ2) is 6.28. The van der Waals surface area contributed by atoms with Gasteiger partial charge in [0.25, 0.3) is 12.0 Å². The highest BCUT2D eigenvalue weighted by Gasteiger charge is 2.38. The smallest absolute Gasteiger partial charge is 0.291 e. The number of aromatic nitrogens is 4. The second-order valence-electron chi connectivity index (χ2n) is 6.66. The van der Waals surface area contributed by atoms with Gasteiger partial charge in [-0.05, 0) is 36.5 Å². The number of nitrogens with one attached hydrogen (secondary N) is 2. The van der Waals surface area contributed by atoms with Crippen molar-refractivity contribution in [2.24, 2.45) is 5.92 Å². The number of halogens is 5. The van der Waals surface area contributed by atoms with Crippen LogP contribution in [0.4, 0.5) is 22.0 Å². The molecule has 3 aromatic rings. The summed E-state index contributed by atoms with van der Waals surface area (Å²) in [5, 5.41) is 3.42. The maximum absolute atomic E-state index is 13.4. The molecule has 0 saturated heterocycles. The van der Waals surface area contributed by atoms with Gasteiger partial charge in [0.1, 0.15) is 16.7 Å². The summed E-state index contributed by atoms with van der Waals surface area (Å²) in [4.78, 5) is 27.9. The van der Waals surface area contributed by atoms with E-state index in [0.29, 0.717) is 18.4 Å². The van der Waals surface area contributed by atoms with Crippen molar-refractivity contribution in [3.05, 3.63) is 61.9 Å². The van der Waals surface area contributed by atoms with Gasteiger partial charge < -0.3 is 0 Å². The minimum Gasteiger partial charge on any atom is -0.291 e. The maximum Gasteiger partial charge on any atom is 0.416 e. The number of alkyl halides is 5. The maximum atomic E-state index is 13.4. The predicted molar refractivity (Wildman–Crippen MR) is 88.2 cm³/mol. The molecule has 28 heavy (non-hydrogen) atoms. The summed E-state index contributed by atoms with van der Waals surface area (Å²) in [6.07, 6.45) is -6.15. The number of nitrogens with zero attached hydrogens (tertiary/aromatic N) is 2. The molecule has 1 saturated carbocycles. The molecule has 1 atom stereocenters. The van der Waals surface area contributed by atoms with Crippen LogP contribution in [-0.2, 0) is 6.18 Å². The number of hydrogen-bond donors (Lipinski definition) is 2. The second-order valence-corrected chi connectivity index (χ2v) is 6.66. The molecule has 2 N–H and O–H groups in total. The summed E-state index contributed by atoms with van der Waals surface area (Å²) >= 11 is 0. The standard InChI is InChI=1S/C17H13F5N4O2/c18-13(19)11-10-14(23-16(28)24-15(10)27)26(25-11)12(7-1-2-7)8-3-5-9(6-4-8)17(20,21)22/h3-7,12-13H,1-2H2,(H2,23,24,27,28). The Hall–Kier alpha value is -2.98. The summed E-state index contributed by atoms with van der Waals surface area (Å²) in [5.74, 6) is -0.0619. The first-order valence-electron chi connectivity index (χ1n) is 8.37. The molecule has 0 aliphatic heterocycles. The number of aromatic amines is 2. The highest BCUT2D eigenvalue weighted by atomic mass is 19.4. The largest absolute Gasteiger partial charge is 0.416 e. The van der Waals surface area contributed by atoms with E-state index in [-0.39, 0.29) is 11.6 Å². The Morgan fingerprint density at radius 2 is 1.71 bits per heavy atom. The Balaban J connectivity index is 1.91. The van der Waals surface area contributed by atoms with E-state index in [2.05, 4.69) is 10.1 Å². The summed E-state index contributed by atoms with van der Waals surface area (Å²) in [6, 6.07) is 3.63. The molecular formula is C17H13F5N4O2. The van der Waals surface area contributed by atoms with Crippen molar-refractivity contribution < 1.29 is 22.0 Å². The molecule has 2 aromatic heterocycles. The van der Waals surface area contributed by atoms with Crippen molar-refractivity contribution in [1.29, 1.82) is 0 Å². The van der Waals surface area contributed by atoms with Crippen molar-refractivity contribution >= 4 is 11.0 Å². The zero-order valence-electron chi connectivity index (χ0n) is 14.1. The van der Waals surface area contributed by atoms with Gasteiger partial charge in [0.05, 0.1) is 11.6 Å². The molecule has 4 rings (SSSR count). The van der Waals surface area contributed by atoms with E-state index < -0.39 is 46.5 Å². The Bertz CT molecular complexity index is 1140. The first kappa shape index (κ1) is 18.4. The van der Waals surface area contributed by atoms with Crippen LogP contribution in [0, 0.1) is 5.92 Å². The lowest BCUT2D eigenvalue weighted by Crippen LogP contribution is -2.24. The lowest BCUT2D eigenvalue weighted by molar-refractivity contribution is -0.137. The predicted octanol–water partition coefficient (Wildman–Crippen LogP) is 3.37. The van der Waals surface area contributed by atoms with Crippen molar-refractivity contribution in [2.75, 3.05) is 0 Å². The van der Waals surface area contributed by atoms with E-state index in [1.54, 1.807) is 0 Å². The third-order valence-corrected chi connectivity index (χ3v) is 4.74. The number of fused-ring (bicyclic) bond motifs is 1. The number of H-pyrrole nitrogens is 2. The molecule has 1 aliphatic carbocycles. The zero-order chi connectivity index (χ0) is 20.2. The zero-order valence-corrected chi connectivity index (χ0v) is 14.1. The molecule has 0 amide bonds. The van der Waals surface area contributed by atoms with Crippen LogP contribution in [0.5, 0.6) is 0 Å². The van der Waals surface area contributed by atoms with Crippen LogP contribution in [0.25, 0.3) is 11.0 Å². The number of benzene rings is 1. The minimum absolute atomic E-state index is 0.0619. The summed E-state index contributed by atoms with van der Waals surface area (Å²) < 4.78 is 66.4. The molecule has 0 radical (unpaired) electrons. The average Bonchev–Trinajstić information content (AvgIpc) is 3.36. The summed E-state index contributed by atoms with van der Waals surface area (Å²) in [7, 11) is 0. The topological polar surface area (TPSA) is 83.5 Å². The molecule has 1 fully saturated rings. The van der Waals surface area contributed by atoms with Gasteiger partial charge in [0.2, 0.25) is 0 Å². The van der Waals surface area contributed by atoms with Crippen LogP contribution in [0.2, 0.25) is 0 Å². The van der Waals surface area contributed by atoms with Crippen LogP contribution in [0.3, 0.4) is 0 Å². The fraction of sp³-hybridized carbons (Fsp3) is 0.353. The number of rotatable bonds is 4. The van der Waals surface area contributed by atoms with Gasteiger partial charge in [-0.15, -0.1) is 0 Å². The van der Waals surface area contributed by atoms with Gasteiger partial charge in [-0.1, -0.05) is 12.1 Å². The van der Waals surface area contributed by atoms with E-state index in [9.17, 15) is 31.5 Å². The quantitative estimate of drug-likeness (QED) is 0.659. The molecule has 2 heterocycles. The van der Waals surface area contributed by atoms with Gasteiger partial charge in [0.15, 0.2) is 0 Å². The first-order chi connectivity index (χ1) is 13.2. The Morgan fingerprint density at radius 1 is 1.07 bits per heavy atom. The van der Waals surface area contributed by atoms with Gasteiger partial charge in [-0.25, -0.2) is 18.3 Å². The molecule has 1 unspecified atom stereocenters. The van der Waals surface area contributed by atoms with E-state index in [1.807, 2.05) is 4.98 Å². The Morgan fingerprint density at radius 3 is 2.25 bits per heavy atom. The van der Waals surface area contributed by atoms with Crippen molar-refractivity contribution in [2.45, 2.75) is 31.5 Å². The Labute approximate surface area is 153 Å². The van der Waals surface area contributed by atoms with Gasteiger partial charge in [-0.3, -0.25) is 14.8 Å². The minimum atomic E-state index is -4.51. The van der Waals surface area contributed by atoms with Crippen LogP contribution in [-0.4, -0.2) is 19.7 Å². The highest BCUT2D eigenvalue weighted by Crippen LogP contribution is 2.45.